The van der Waals surface area contributed by atoms with Crippen LogP contribution in [-0.2, 0) is 4.74 Å². The number of aliphatic hydroxyl groups excluding tert-OH is 1. The van der Waals surface area contributed by atoms with Crippen LogP contribution in [0, 0.1) is 0 Å². The van der Waals surface area contributed by atoms with Crippen LogP contribution in [0.15, 0.2) is 0 Å². The van der Waals surface area contributed by atoms with E-state index in [1.807, 2.05) is 11.8 Å². The summed E-state index contributed by atoms with van der Waals surface area (Å²) >= 11 is 1.94. The van der Waals surface area contributed by atoms with Gasteiger partial charge in [0.25, 0.3) is 0 Å². The van der Waals surface area contributed by atoms with E-state index in [4.69, 9.17) is 4.74 Å². The average Bonchev–Trinajstić information content (AvgIpc) is 2.31. The van der Waals surface area contributed by atoms with Gasteiger partial charge in [-0.25, -0.2) is 0 Å². The number of thioether (sulfide) groups is 1. The maximum atomic E-state index is 9.36. The summed E-state index contributed by atoms with van der Waals surface area (Å²) in [7, 11) is 1.74. The van der Waals surface area contributed by atoms with Crippen molar-refractivity contribution in [2.75, 3.05) is 38.4 Å². The van der Waals surface area contributed by atoms with E-state index >= 15 is 0 Å². The Morgan fingerprint density at radius 1 is 1.38 bits per heavy atom. The van der Waals surface area contributed by atoms with E-state index in [-0.39, 0.29) is 12.1 Å². The largest absolute Gasteiger partial charge is 0.394 e. The number of methoxy groups -OCH3 is 1. The molecule has 0 aromatic rings. The summed E-state index contributed by atoms with van der Waals surface area (Å²) in [6.45, 7) is 6.28. The third-order valence-electron chi connectivity index (χ3n) is 2.59. The first kappa shape index (κ1) is 16.2. The van der Waals surface area contributed by atoms with Gasteiger partial charge in [0.1, 0.15) is 0 Å². The average molecular weight is 249 g/mol. The number of rotatable bonds is 11. The first-order valence-electron chi connectivity index (χ1n) is 6.11. The molecule has 0 rings (SSSR count). The Balaban J connectivity index is 3.53. The van der Waals surface area contributed by atoms with Gasteiger partial charge in [0, 0.05) is 19.3 Å². The lowest BCUT2D eigenvalue weighted by Crippen LogP contribution is -2.46. The third-order valence-corrected chi connectivity index (χ3v) is 3.66. The summed E-state index contributed by atoms with van der Waals surface area (Å²) in [5.74, 6) is 2.24. The Kier molecular flexibility index (Phi) is 10.5. The highest BCUT2D eigenvalue weighted by molar-refractivity contribution is 7.99. The smallest absolute Gasteiger partial charge is 0.0610 e. The molecule has 3 nitrogen and oxygen atoms in total. The molecule has 0 aliphatic rings. The number of hydrogen-bond donors (Lipinski definition) is 2. The monoisotopic (exact) mass is 249 g/mol. The molecule has 0 aromatic carbocycles. The van der Waals surface area contributed by atoms with Crippen LogP contribution in [0.5, 0.6) is 0 Å². The van der Waals surface area contributed by atoms with Crippen LogP contribution < -0.4 is 5.32 Å². The van der Waals surface area contributed by atoms with Crippen LogP contribution in [0.25, 0.3) is 0 Å². The molecule has 0 heterocycles. The summed E-state index contributed by atoms with van der Waals surface area (Å²) in [6.07, 6.45) is 3.23. The van der Waals surface area contributed by atoms with E-state index < -0.39 is 0 Å². The quantitative estimate of drug-likeness (QED) is 0.549. The van der Waals surface area contributed by atoms with Crippen molar-refractivity contribution in [3.05, 3.63) is 0 Å². The summed E-state index contributed by atoms with van der Waals surface area (Å²) in [5, 5.41) is 12.8. The van der Waals surface area contributed by atoms with Gasteiger partial charge < -0.3 is 15.2 Å². The van der Waals surface area contributed by atoms with E-state index in [1.54, 1.807) is 7.11 Å². The lowest BCUT2D eigenvalue weighted by molar-refractivity contribution is 0.171. The number of ether oxygens (including phenoxy) is 1. The molecule has 16 heavy (non-hydrogen) atoms. The Morgan fingerprint density at radius 3 is 2.69 bits per heavy atom. The van der Waals surface area contributed by atoms with Crippen molar-refractivity contribution < 1.29 is 9.84 Å². The topological polar surface area (TPSA) is 41.5 Å². The van der Waals surface area contributed by atoms with Crippen molar-refractivity contribution in [3.63, 3.8) is 0 Å². The molecule has 0 amide bonds. The molecule has 0 radical (unpaired) electrons. The lowest BCUT2D eigenvalue weighted by atomic mass is 10.0. The molecule has 4 heteroatoms. The second kappa shape index (κ2) is 10.4. The van der Waals surface area contributed by atoms with Crippen LogP contribution >= 0.6 is 11.8 Å². The molecule has 0 aliphatic heterocycles. The normalized spacial score (nSPS) is 15.0. The van der Waals surface area contributed by atoms with Crippen molar-refractivity contribution in [2.45, 2.75) is 38.6 Å². The van der Waals surface area contributed by atoms with Crippen LogP contribution in [0.1, 0.15) is 33.1 Å². The molecule has 2 N–H and O–H groups in total. The third kappa shape index (κ3) is 8.39. The fourth-order valence-corrected chi connectivity index (χ4v) is 2.48. The van der Waals surface area contributed by atoms with Crippen molar-refractivity contribution in [3.8, 4) is 0 Å². The van der Waals surface area contributed by atoms with Crippen LogP contribution in [0.4, 0.5) is 0 Å². The molecule has 0 saturated carbocycles. The minimum absolute atomic E-state index is 0.107. The second-order valence-corrected chi connectivity index (χ2v) is 5.58. The van der Waals surface area contributed by atoms with Gasteiger partial charge in [0.15, 0.2) is 0 Å². The summed E-state index contributed by atoms with van der Waals surface area (Å²) in [4.78, 5) is 0. The van der Waals surface area contributed by atoms with Gasteiger partial charge in [-0.3, -0.25) is 0 Å². The Labute approximate surface area is 104 Å². The zero-order valence-corrected chi connectivity index (χ0v) is 11.7. The maximum absolute atomic E-state index is 9.36. The maximum Gasteiger partial charge on any atom is 0.0610 e. The standard InChI is InChI=1S/C12H27NO2S/c1-4-7-13-12(2,11-14)6-10-16-9-5-8-15-3/h13-14H,4-11H2,1-3H3. The van der Waals surface area contributed by atoms with Crippen molar-refractivity contribution in [1.82, 2.24) is 5.32 Å². The molecular weight excluding hydrogens is 222 g/mol. The zero-order valence-electron chi connectivity index (χ0n) is 10.9. The van der Waals surface area contributed by atoms with Crippen molar-refractivity contribution in [2.24, 2.45) is 0 Å². The molecule has 0 aliphatic carbocycles. The molecule has 0 aromatic heterocycles. The van der Waals surface area contributed by atoms with E-state index in [0.29, 0.717) is 0 Å². The molecule has 1 unspecified atom stereocenters. The Hall–Kier alpha value is 0.230. The van der Waals surface area contributed by atoms with Crippen LogP contribution in [0.3, 0.4) is 0 Å². The van der Waals surface area contributed by atoms with E-state index in [2.05, 4.69) is 19.2 Å². The number of hydrogen-bond acceptors (Lipinski definition) is 4. The van der Waals surface area contributed by atoms with Gasteiger partial charge in [0.05, 0.1) is 6.61 Å². The van der Waals surface area contributed by atoms with Crippen molar-refractivity contribution >= 4 is 11.8 Å². The van der Waals surface area contributed by atoms with Gasteiger partial charge in [-0.05, 0) is 44.2 Å². The molecular formula is C12H27NO2S. The minimum Gasteiger partial charge on any atom is -0.394 e. The second-order valence-electron chi connectivity index (χ2n) is 4.35. The first-order chi connectivity index (χ1) is 7.68. The lowest BCUT2D eigenvalue weighted by Gasteiger charge is -2.28. The molecule has 1 atom stereocenters. The highest BCUT2D eigenvalue weighted by Crippen LogP contribution is 2.14. The van der Waals surface area contributed by atoms with E-state index in [0.717, 1.165) is 43.9 Å². The van der Waals surface area contributed by atoms with E-state index in [1.165, 1.54) is 0 Å². The van der Waals surface area contributed by atoms with Gasteiger partial charge in [0.2, 0.25) is 0 Å². The molecule has 0 spiro atoms. The fourth-order valence-electron chi connectivity index (χ4n) is 1.35. The van der Waals surface area contributed by atoms with Gasteiger partial charge in [-0.2, -0.15) is 11.8 Å². The zero-order chi connectivity index (χ0) is 12.3. The fraction of sp³-hybridized carbons (Fsp3) is 1.00. The molecule has 0 fully saturated rings. The van der Waals surface area contributed by atoms with Gasteiger partial charge in [-0.1, -0.05) is 6.92 Å². The summed E-state index contributed by atoms with van der Waals surface area (Å²) in [5.41, 5.74) is -0.107. The van der Waals surface area contributed by atoms with Crippen LogP contribution in [0.2, 0.25) is 0 Å². The number of aliphatic hydroxyl groups is 1. The molecule has 0 bridgehead atoms. The highest BCUT2D eigenvalue weighted by atomic mass is 32.2. The van der Waals surface area contributed by atoms with E-state index in [9.17, 15) is 5.11 Å². The van der Waals surface area contributed by atoms with Crippen molar-refractivity contribution in [1.29, 1.82) is 0 Å². The highest BCUT2D eigenvalue weighted by Gasteiger charge is 2.21. The van der Waals surface area contributed by atoms with Gasteiger partial charge in [-0.15, -0.1) is 0 Å². The molecule has 0 saturated heterocycles. The number of nitrogens with one attached hydrogen (secondary N) is 1. The summed E-state index contributed by atoms with van der Waals surface area (Å²) < 4.78 is 5.00. The summed E-state index contributed by atoms with van der Waals surface area (Å²) in [6, 6.07) is 0. The Morgan fingerprint density at radius 2 is 2.12 bits per heavy atom. The SMILES string of the molecule is CCCNC(C)(CO)CCSCCCOC. The van der Waals surface area contributed by atoms with Crippen LogP contribution in [-0.4, -0.2) is 49.0 Å². The predicted octanol–water partition coefficient (Wildman–Crippen LogP) is 1.90. The molecule has 98 valence electrons. The van der Waals surface area contributed by atoms with Gasteiger partial charge >= 0.3 is 0 Å². The Bertz CT molecular complexity index is 158. The first-order valence-corrected chi connectivity index (χ1v) is 7.26. The predicted molar refractivity (Wildman–Crippen MR) is 72.2 cm³/mol. The minimum atomic E-state index is -0.107.